The lowest BCUT2D eigenvalue weighted by atomic mass is 9.68. The van der Waals surface area contributed by atoms with Crippen LogP contribution in [-0.2, 0) is 10.3 Å². The fourth-order valence-corrected chi connectivity index (χ4v) is 4.56. The lowest BCUT2D eigenvalue weighted by Gasteiger charge is -2.37. The summed E-state index contributed by atoms with van der Waals surface area (Å²) < 4.78 is 49.9. The van der Waals surface area contributed by atoms with E-state index in [0.717, 1.165) is 0 Å². The van der Waals surface area contributed by atoms with Gasteiger partial charge in [-0.2, -0.15) is 13.2 Å². The van der Waals surface area contributed by atoms with Gasteiger partial charge >= 0.3 is 6.18 Å². The predicted molar refractivity (Wildman–Crippen MR) is 121 cm³/mol. The first kappa shape index (κ1) is 23.1. The van der Waals surface area contributed by atoms with E-state index in [2.05, 4.69) is 11.8 Å². The van der Waals surface area contributed by atoms with E-state index in [1.807, 2.05) is 6.92 Å². The minimum absolute atomic E-state index is 0.00717. The molecular formula is C28H25F3O2. The Bertz CT molecular complexity index is 1090. The molecule has 0 unspecified atom stereocenters. The molecule has 2 nitrogen and oxygen atoms in total. The number of aliphatic hydroxyl groups is 1. The number of alkyl halides is 3. The number of hydrogen-bond donors (Lipinski definition) is 1. The monoisotopic (exact) mass is 450 g/mol. The second-order valence-corrected chi connectivity index (χ2v) is 8.27. The van der Waals surface area contributed by atoms with E-state index >= 15 is 0 Å². The molecule has 4 rings (SSSR count). The van der Waals surface area contributed by atoms with Gasteiger partial charge in [-0.25, -0.2) is 0 Å². The Hall–Kier alpha value is -3.07. The molecule has 0 saturated carbocycles. The molecule has 2 atom stereocenters. The maximum absolute atomic E-state index is 14.7. The zero-order chi connectivity index (χ0) is 23.6. The van der Waals surface area contributed by atoms with Crippen LogP contribution in [0.2, 0.25) is 0 Å². The molecule has 33 heavy (non-hydrogen) atoms. The van der Waals surface area contributed by atoms with Crippen LogP contribution in [0.5, 0.6) is 0 Å². The minimum atomic E-state index is -4.82. The van der Waals surface area contributed by atoms with Crippen molar-refractivity contribution in [3.63, 3.8) is 0 Å². The molecule has 0 bridgehead atoms. The number of unbranched alkanes of at least 4 members (excludes halogenated alkanes) is 1. The fourth-order valence-electron chi connectivity index (χ4n) is 4.56. The summed E-state index contributed by atoms with van der Waals surface area (Å²) >= 11 is 0. The van der Waals surface area contributed by atoms with Crippen LogP contribution in [0.1, 0.15) is 42.9 Å². The molecule has 0 radical (unpaired) electrons. The normalized spacial score (nSPS) is 22.3. The summed E-state index contributed by atoms with van der Waals surface area (Å²) in [6.45, 7) is 1.89. The van der Waals surface area contributed by atoms with Gasteiger partial charge in [-0.1, -0.05) is 105 Å². The van der Waals surface area contributed by atoms with Crippen LogP contribution in [0.15, 0.2) is 91.0 Å². The van der Waals surface area contributed by atoms with Crippen LogP contribution in [0.25, 0.3) is 0 Å². The number of epoxide rings is 1. The highest BCUT2D eigenvalue weighted by molar-refractivity contribution is 5.52. The molecule has 1 N–H and O–H groups in total. The Kier molecular flexibility index (Phi) is 6.09. The third-order valence-electron chi connectivity index (χ3n) is 6.26. The van der Waals surface area contributed by atoms with E-state index in [1.54, 1.807) is 91.0 Å². The van der Waals surface area contributed by atoms with E-state index in [9.17, 15) is 18.3 Å². The molecule has 3 aromatic rings. The van der Waals surface area contributed by atoms with Crippen LogP contribution >= 0.6 is 0 Å². The van der Waals surface area contributed by atoms with E-state index < -0.39 is 23.0 Å². The summed E-state index contributed by atoms with van der Waals surface area (Å²) in [5.41, 5.74) is -5.76. The number of benzene rings is 3. The highest BCUT2D eigenvalue weighted by Crippen LogP contribution is 2.68. The van der Waals surface area contributed by atoms with Crippen molar-refractivity contribution < 1.29 is 23.0 Å². The molecule has 1 aliphatic rings. The minimum Gasteiger partial charge on any atom is -0.377 e. The van der Waals surface area contributed by atoms with Gasteiger partial charge in [0.25, 0.3) is 5.60 Å². The van der Waals surface area contributed by atoms with Crippen molar-refractivity contribution in [2.24, 2.45) is 0 Å². The van der Waals surface area contributed by atoms with Crippen molar-refractivity contribution in [2.75, 3.05) is 0 Å². The van der Waals surface area contributed by atoms with Crippen LogP contribution in [0.3, 0.4) is 0 Å². The summed E-state index contributed by atoms with van der Waals surface area (Å²) in [5.74, 6) is 5.07. The van der Waals surface area contributed by atoms with Gasteiger partial charge in [0.15, 0.2) is 5.60 Å². The van der Waals surface area contributed by atoms with Gasteiger partial charge in [-0.15, -0.1) is 0 Å². The second-order valence-electron chi connectivity index (χ2n) is 8.27. The SMILES string of the molecule is CCCC[C@@]1(C(O)(c2ccccc2)c2ccccc2)O[C@]1(C#Cc1ccccc1)C(F)(F)F. The lowest BCUT2D eigenvalue weighted by Crippen LogP contribution is -2.52. The van der Waals surface area contributed by atoms with E-state index in [1.165, 1.54) is 0 Å². The van der Waals surface area contributed by atoms with Crippen molar-refractivity contribution in [3.8, 4) is 11.8 Å². The van der Waals surface area contributed by atoms with E-state index in [0.29, 0.717) is 29.5 Å². The third-order valence-corrected chi connectivity index (χ3v) is 6.26. The molecule has 0 aromatic heterocycles. The Morgan fingerprint density at radius 2 is 1.30 bits per heavy atom. The van der Waals surface area contributed by atoms with E-state index in [-0.39, 0.29) is 6.42 Å². The second kappa shape index (κ2) is 8.70. The standard InChI is InChI=1S/C28H25F3O2/c1-2-3-20-25(26(33-25,28(29,30)31)21-19-22-13-7-4-8-14-22)27(32,23-15-9-5-10-16-23)24-17-11-6-12-18-24/h4-18,32H,2-3,20H2,1H3/t25-,26+/m1/s1. The van der Waals surface area contributed by atoms with E-state index in [4.69, 9.17) is 4.74 Å². The summed E-state index contributed by atoms with van der Waals surface area (Å²) in [6.07, 6.45) is -3.75. The van der Waals surface area contributed by atoms with Crippen LogP contribution < -0.4 is 0 Å². The molecule has 1 saturated heterocycles. The maximum Gasteiger partial charge on any atom is 0.432 e. The van der Waals surface area contributed by atoms with Gasteiger partial charge in [0.2, 0.25) is 0 Å². The van der Waals surface area contributed by atoms with Gasteiger partial charge in [-0.05, 0) is 35.6 Å². The zero-order valence-corrected chi connectivity index (χ0v) is 18.3. The van der Waals surface area contributed by atoms with Crippen molar-refractivity contribution in [3.05, 3.63) is 108 Å². The maximum atomic E-state index is 14.7. The Morgan fingerprint density at radius 1 is 0.818 bits per heavy atom. The molecule has 5 heteroatoms. The van der Waals surface area contributed by atoms with Gasteiger partial charge in [0.1, 0.15) is 5.60 Å². The largest absolute Gasteiger partial charge is 0.432 e. The number of rotatable bonds is 6. The molecule has 0 spiro atoms. The molecular weight excluding hydrogens is 425 g/mol. The zero-order valence-electron chi connectivity index (χ0n) is 18.3. The first-order chi connectivity index (χ1) is 15.8. The Balaban J connectivity index is 1.96. The summed E-state index contributed by atoms with van der Waals surface area (Å²) in [6, 6.07) is 25.3. The number of hydrogen-bond acceptors (Lipinski definition) is 2. The van der Waals surface area contributed by atoms with Gasteiger partial charge < -0.3 is 9.84 Å². The van der Waals surface area contributed by atoms with Crippen LogP contribution in [-0.4, -0.2) is 22.5 Å². The summed E-state index contributed by atoms with van der Waals surface area (Å²) in [5, 5.41) is 12.3. The quantitative estimate of drug-likeness (QED) is 0.356. The highest BCUT2D eigenvalue weighted by Gasteiger charge is 2.88. The Morgan fingerprint density at radius 3 is 1.76 bits per heavy atom. The van der Waals surface area contributed by atoms with Crippen molar-refractivity contribution in [1.82, 2.24) is 0 Å². The fraction of sp³-hybridized carbons (Fsp3) is 0.286. The highest BCUT2D eigenvalue weighted by atomic mass is 19.4. The lowest BCUT2D eigenvalue weighted by molar-refractivity contribution is -0.169. The van der Waals surface area contributed by atoms with Crippen molar-refractivity contribution in [1.29, 1.82) is 0 Å². The first-order valence-corrected chi connectivity index (χ1v) is 11.0. The topological polar surface area (TPSA) is 32.8 Å². The molecule has 170 valence electrons. The average molecular weight is 451 g/mol. The molecule has 1 aliphatic heterocycles. The number of halogens is 3. The molecule has 0 aliphatic carbocycles. The summed E-state index contributed by atoms with van der Waals surface area (Å²) in [4.78, 5) is 0. The molecule has 1 heterocycles. The molecule has 1 fully saturated rings. The third kappa shape index (κ3) is 3.74. The summed E-state index contributed by atoms with van der Waals surface area (Å²) in [7, 11) is 0. The Labute approximate surface area is 192 Å². The average Bonchev–Trinajstić information content (AvgIpc) is 3.54. The van der Waals surface area contributed by atoms with Crippen molar-refractivity contribution >= 4 is 0 Å². The smallest absolute Gasteiger partial charge is 0.377 e. The molecule has 0 amide bonds. The van der Waals surface area contributed by atoms with Crippen molar-refractivity contribution in [2.45, 2.75) is 49.2 Å². The van der Waals surface area contributed by atoms with Crippen LogP contribution in [0, 0.1) is 11.8 Å². The first-order valence-electron chi connectivity index (χ1n) is 11.0. The van der Waals surface area contributed by atoms with Crippen LogP contribution in [0.4, 0.5) is 13.2 Å². The molecule has 3 aromatic carbocycles. The van der Waals surface area contributed by atoms with Gasteiger partial charge in [0.05, 0.1) is 0 Å². The van der Waals surface area contributed by atoms with Gasteiger partial charge in [0, 0.05) is 5.56 Å². The number of ether oxygens (including phenoxy) is 1. The van der Waals surface area contributed by atoms with Gasteiger partial charge in [-0.3, -0.25) is 0 Å². The predicted octanol–water partition coefficient (Wildman–Crippen LogP) is 6.23.